The lowest BCUT2D eigenvalue weighted by atomic mass is 10.2. The van der Waals surface area contributed by atoms with E-state index in [0.29, 0.717) is 25.6 Å². The van der Waals surface area contributed by atoms with E-state index in [1.54, 1.807) is 7.05 Å². The third-order valence-electron chi connectivity index (χ3n) is 2.85. The van der Waals surface area contributed by atoms with Gasteiger partial charge in [0.05, 0.1) is 5.69 Å². The number of benzene rings is 1. The van der Waals surface area contributed by atoms with E-state index < -0.39 is 26.1 Å². The van der Waals surface area contributed by atoms with Crippen LogP contribution in [-0.2, 0) is 9.84 Å². The Hall–Kier alpha value is -1.35. The number of sulfone groups is 1. The first kappa shape index (κ1) is 17.7. The van der Waals surface area contributed by atoms with Gasteiger partial charge in [-0.2, -0.15) is 13.2 Å². The minimum Gasteiger partial charge on any atom is -0.373 e. The number of nitrogens with one attached hydrogen (secondary N) is 1. The lowest BCUT2D eigenvalue weighted by Gasteiger charge is -2.23. The van der Waals surface area contributed by atoms with Crippen molar-refractivity contribution < 1.29 is 26.0 Å². The van der Waals surface area contributed by atoms with Gasteiger partial charge in [0.15, 0.2) is 0 Å². The SMILES string of the molecule is CNCCCN(C)c1ccc(F)cc1S(=O)(=O)C(F)(F)F. The highest BCUT2D eigenvalue weighted by Crippen LogP contribution is 2.36. The topological polar surface area (TPSA) is 49.4 Å². The van der Waals surface area contributed by atoms with Crippen LogP contribution in [0.15, 0.2) is 23.1 Å². The second kappa shape index (κ2) is 6.61. The van der Waals surface area contributed by atoms with Gasteiger partial charge in [-0.3, -0.25) is 0 Å². The summed E-state index contributed by atoms with van der Waals surface area (Å²) in [7, 11) is -2.43. The van der Waals surface area contributed by atoms with E-state index in [-0.39, 0.29) is 5.69 Å². The van der Waals surface area contributed by atoms with E-state index in [2.05, 4.69) is 5.32 Å². The summed E-state index contributed by atoms with van der Waals surface area (Å²) in [5.41, 5.74) is -5.65. The van der Waals surface area contributed by atoms with Gasteiger partial charge in [0, 0.05) is 13.6 Å². The highest BCUT2D eigenvalue weighted by Gasteiger charge is 2.48. The minimum absolute atomic E-state index is 0.176. The molecule has 0 aliphatic heterocycles. The molecule has 21 heavy (non-hydrogen) atoms. The van der Waals surface area contributed by atoms with Crippen molar-refractivity contribution in [2.45, 2.75) is 16.8 Å². The predicted molar refractivity (Wildman–Crippen MR) is 71.5 cm³/mol. The van der Waals surface area contributed by atoms with Crippen LogP contribution in [0.4, 0.5) is 23.2 Å². The van der Waals surface area contributed by atoms with Gasteiger partial charge in [-0.25, -0.2) is 12.8 Å². The van der Waals surface area contributed by atoms with E-state index in [1.807, 2.05) is 0 Å². The minimum atomic E-state index is -5.60. The fourth-order valence-corrected chi connectivity index (χ4v) is 2.77. The summed E-state index contributed by atoms with van der Waals surface area (Å²) in [5, 5.41) is 2.87. The summed E-state index contributed by atoms with van der Waals surface area (Å²) in [4.78, 5) is 0.289. The fraction of sp³-hybridized carbons (Fsp3) is 0.500. The summed E-state index contributed by atoms with van der Waals surface area (Å²) in [6.07, 6.45) is 0.593. The molecule has 4 nitrogen and oxygen atoms in total. The molecule has 0 saturated carbocycles. The van der Waals surface area contributed by atoms with E-state index >= 15 is 0 Å². The Balaban J connectivity index is 3.24. The first-order valence-corrected chi connectivity index (χ1v) is 7.56. The van der Waals surface area contributed by atoms with Crippen LogP contribution >= 0.6 is 0 Å². The van der Waals surface area contributed by atoms with Crippen LogP contribution < -0.4 is 10.2 Å². The van der Waals surface area contributed by atoms with E-state index in [9.17, 15) is 26.0 Å². The van der Waals surface area contributed by atoms with Crippen molar-refractivity contribution in [1.82, 2.24) is 5.32 Å². The van der Waals surface area contributed by atoms with Crippen LogP contribution in [-0.4, -0.2) is 41.1 Å². The molecule has 120 valence electrons. The van der Waals surface area contributed by atoms with Gasteiger partial charge in [-0.15, -0.1) is 0 Å². The molecule has 0 amide bonds. The molecule has 1 rings (SSSR count). The van der Waals surface area contributed by atoms with Crippen LogP contribution in [0.1, 0.15) is 6.42 Å². The van der Waals surface area contributed by atoms with Gasteiger partial charge in [-0.05, 0) is 38.2 Å². The molecule has 9 heteroatoms. The molecule has 1 aromatic rings. The molecular formula is C12H16F4N2O2S. The maximum absolute atomic E-state index is 13.2. The average Bonchev–Trinajstić information content (AvgIpc) is 2.37. The number of alkyl halides is 3. The Morgan fingerprint density at radius 3 is 2.43 bits per heavy atom. The summed E-state index contributed by atoms with van der Waals surface area (Å²) >= 11 is 0. The average molecular weight is 328 g/mol. The first-order valence-electron chi connectivity index (χ1n) is 6.08. The fourth-order valence-electron chi connectivity index (χ4n) is 1.76. The number of anilines is 1. The molecule has 0 spiro atoms. The molecule has 0 aliphatic carbocycles. The van der Waals surface area contributed by atoms with Crippen molar-refractivity contribution in [3.63, 3.8) is 0 Å². The third kappa shape index (κ3) is 4.07. The zero-order valence-corrected chi connectivity index (χ0v) is 12.4. The second-order valence-corrected chi connectivity index (χ2v) is 6.35. The van der Waals surface area contributed by atoms with Gasteiger partial charge in [0.2, 0.25) is 0 Å². The maximum Gasteiger partial charge on any atom is 0.501 e. The predicted octanol–water partition coefficient (Wildman–Crippen LogP) is 2.16. The normalized spacial score (nSPS) is 12.5. The Bertz CT molecular complexity index is 587. The molecule has 1 aromatic carbocycles. The van der Waals surface area contributed by atoms with Crippen molar-refractivity contribution in [2.75, 3.05) is 32.1 Å². The second-order valence-electron chi connectivity index (χ2n) is 4.44. The molecule has 1 N–H and O–H groups in total. The smallest absolute Gasteiger partial charge is 0.373 e. The highest BCUT2D eigenvalue weighted by molar-refractivity contribution is 7.92. The van der Waals surface area contributed by atoms with Crippen LogP contribution in [0.5, 0.6) is 0 Å². The Morgan fingerprint density at radius 1 is 1.29 bits per heavy atom. The standard InChI is InChI=1S/C12H16F4N2O2S/c1-17-6-3-7-18(2)10-5-4-9(13)8-11(10)21(19,20)12(14,15)16/h4-5,8,17H,3,6-7H2,1-2H3. The monoisotopic (exact) mass is 328 g/mol. The van der Waals surface area contributed by atoms with Crippen molar-refractivity contribution in [2.24, 2.45) is 0 Å². The van der Waals surface area contributed by atoms with E-state index in [4.69, 9.17) is 0 Å². The number of halogens is 4. The lowest BCUT2D eigenvalue weighted by molar-refractivity contribution is -0.0435. The summed E-state index contributed by atoms with van der Waals surface area (Å²) in [6, 6.07) is 2.36. The molecule has 0 aliphatic rings. The molecule has 0 saturated heterocycles. The molecule has 0 radical (unpaired) electrons. The maximum atomic E-state index is 13.2. The van der Waals surface area contributed by atoms with Gasteiger partial charge in [-0.1, -0.05) is 0 Å². The Morgan fingerprint density at radius 2 is 1.90 bits per heavy atom. The molecular weight excluding hydrogens is 312 g/mol. The summed E-state index contributed by atoms with van der Waals surface area (Å²) in [5.74, 6) is -1.04. The zero-order valence-electron chi connectivity index (χ0n) is 11.5. The van der Waals surface area contributed by atoms with Crippen LogP contribution in [0.2, 0.25) is 0 Å². The first-order chi connectivity index (χ1) is 9.61. The molecule has 0 aromatic heterocycles. The lowest BCUT2D eigenvalue weighted by Crippen LogP contribution is -2.28. The van der Waals surface area contributed by atoms with E-state index in [1.165, 1.54) is 11.9 Å². The molecule has 0 heterocycles. The largest absolute Gasteiger partial charge is 0.501 e. The third-order valence-corrected chi connectivity index (χ3v) is 4.36. The van der Waals surface area contributed by atoms with Crippen LogP contribution in [0, 0.1) is 5.82 Å². The molecule has 0 bridgehead atoms. The van der Waals surface area contributed by atoms with Gasteiger partial charge < -0.3 is 10.2 Å². The van der Waals surface area contributed by atoms with Gasteiger partial charge >= 0.3 is 5.51 Å². The molecule has 0 unspecified atom stereocenters. The van der Waals surface area contributed by atoms with Gasteiger partial charge in [0.1, 0.15) is 10.7 Å². The highest BCUT2D eigenvalue weighted by atomic mass is 32.2. The molecule has 0 atom stereocenters. The number of rotatable bonds is 6. The number of nitrogens with zero attached hydrogens (tertiary/aromatic N) is 1. The van der Waals surface area contributed by atoms with Crippen LogP contribution in [0.3, 0.4) is 0 Å². The Kier molecular flexibility index (Phi) is 5.57. The number of hydrogen-bond acceptors (Lipinski definition) is 4. The van der Waals surface area contributed by atoms with Gasteiger partial charge in [0.25, 0.3) is 9.84 Å². The van der Waals surface area contributed by atoms with Crippen LogP contribution in [0.25, 0.3) is 0 Å². The van der Waals surface area contributed by atoms with Crippen molar-refractivity contribution in [1.29, 1.82) is 0 Å². The summed E-state index contributed by atoms with van der Waals surface area (Å²) in [6.45, 7) is 0.944. The zero-order chi connectivity index (χ0) is 16.3. The molecule has 0 fully saturated rings. The number of hydrogen-bond donors (Lipinski definition) is 1. The summed E-state index contributed by atoms with van der Waals surface area (Å²) < 4.78 is 74.2. The quantitative estimate of drug-likeness (QED) is 0.642. The van der Waals surface area contributed by atoms with Crippen molar-refractivity contribution in [3.8, 4) is 0 Å². The van der Waals surface area contributed by atoms with Crippen molar-refractivity contribution >= 4 is 15.5 Å². The van der Waals surface area contributed by atoms with E-state index in [0.717, 1.165) is 12.1 Å². The Labute approximate surface area is 120 Å². The van der Waals surface area contributed by atoms with Crippen molar-refractivity contribution in [3.05, 3.63) is 24.0 Å².